The maximum absolute atomic E-state index is 13.0. The number of likely N-dealkylation sites (tertiary alicyclic amines) is 1. The van der Waals surface area contributed by atoms with Crippen LogP contribution in [0.15, 0.2) is 56.1 Å². The summed E-state index contributed by atoms with van der Waals surface area (Å²) in [7, 11) is 2.15. The van der Waals surface area contributed by atoms with E-state index in [1.807, 2.05) is 12.1 Å². The molecule has 0 radical (unpaired) electrons. The molecule has 0 aliphatic carbocycles. The molecule has 0 amide bonds. The minimum atomic E-state index is -4.49. The lowest BCUT2D eigenvalue weighted by atomic mass is 9.92. The molecule has 0 saturated carbocycles. The number of alkyl halides is 3. The van der Waals surface area contributed by atoms with Crippen LogP contribution < -0.4 is 10.6 Å². The van der Waals surface area contributed by atoms with Gasteiger partial charge >= 0.3 is 6.18 Å². The molecule has 0 atom stereocenters. The van der Waals surface area contributed by atoms with Gasteiger partial charge in [-0.1, -0.05) is 13.2 Å². The average molecular weight is 484 g/mol. The Balaban J connectivity index is 1.37. The van der Waals surface area contributed by atoms with E-state index in [0.29, 0.717) is 23.0 Å². The predicted octanol–water partition coefficient (Wildman–Crippen LogP) is 5.27. The molecule has 10 heteroatoms. The number of halogens is 3. The van der Waals surface area contributed by atoms with Gasteiger partial charge in [0.05, 0.1) is 28.8 Å². The van der Waals surface area contributed by atoms with E-state index in [0.717, 1.165) is 43.2 Å². The largest absolute Gasteiger partial charge is 0.417 e. The zero-order valence-corrected chi connectivity index (χ0v) is 19.5. The molecular formula is C25H28F3N7. The lowest BCUT2D eigenvalue weighted by Crippen LogP contribution is -2.31. The summed E-state index contributed by atoms with van der Waals surface area (Å²) in [6.07, 6.45) is 4.29. The summed E-state index contributed by atoms with van der Waals surface area (Å²) < 4.78 is 39.0. The molecule has 1 aliphatic rings. The first-order chi connectivity index (χ1) is 16.7. The molecule has 3 N–H and O–H groups in total. The highest BCUT2D eigenvalue weighted by Gasteiger charge is 2.31. The van der Waals surface area contributed by atoms with Crippen LogP contribution in [0.25, 0.3) is 11.4 Å². The predicted molar refractivity (Wildman–Crippen MR) is 131 cm³/mol. The standard InChI is InChI=1S/C25H28F3N7/c1-16(19-11-20(13-29-12-19)25(26,27)28)33-23-15-31-34-24(23)17(2)32-22-5-4-21(30-14-22)10-18-6-8-35(3)9-7-18/h4-5,11-15,18,32-33H,1-2,6-10H2,3H3,(H,31,34). The Hall–Kier alpha value is -3.66. The smallest absolute Gasteiger partial charge is 0.353 e. The fourth-order valence-electron chi connectivity index (χ4n) is 4.02. The van der Waals surface area contributed by atoms with Gasteiger partial charge in [0, 0.05) is 35.5 Å². The zero-order chi connectivity index (χ0) is 25.0. The van der Waals surface area contributed by atoms with Crippen molar-refractivity contribution in [2.24, 2.45) is 5.92 Å². The van der Waals surface area contributed by atoms with Crippen LogP contribution in [-0.4, -0.2) is 45.2 Å². The van der Waals surface area contributed by atoms with Crippen molar-refractivity contribution >= 4 is 22.8 Å². The quantitative estimate of drug-likeness (QED) is 0.405. The second kappa shape index (κ2) is 10.3. The molecule has 3 aromatic rings. The number of pyridine rings is 2. The minimum absolute atomic E-state index is 0.218. The van der Waals surface area contributed by atoms with Gasteiger partial charge in [0.2, 0.25) is 0 Å². The number of piperidine rings is 1. The first-order valence-corrected chi connectivity index (χ1v) is 11.3. The lowest BCUT2D eigenvalue weighted by Gasteiger charge is -2.28. The van der Waals surface area contributed by atoms with Gasteiger partial charge in [-0.15, -0.1) is 0 Å². The maximum Gasteiger partial charge on any atom is 0.417 e. The van der Waals surface area contributed by atoms with Crippen molar-refractivity contribution in [3.8, 4) is 0 Å². The summed E-state index contributed by atoms with van der Waals surface area (Å²) in [5.41, 5.74) is 2.92. The zero-order valence-electron chi connectivity index (χ0n) is 19.5. The molecule has 35 heavy (non-hydrogen) atoms. The molecule has 1 saturated heterocycles. The molecule has 3 aromatic heterocycles. The molecule has 7 nitrogen and oxygen atoms in total. The van der Waals surface area contributed by atoms with E-state index in [-0.39, 0.29) is 11.3 Å². The summed E-state index contributed by atoms with van der Waals surface area (Å²) in [6, 6.07) is 4.96. The molecular weight excluding hydrogens is 455 g/mol. The van der Waals surface area contributed by atoms with Crippen LogP contribution in [0.4, 0.5) is 24.5 Å². The number of nitrogens with one attached hydrogen (secondary N) is 3. The summed E-state index contributed by atoms with van der Waals surface area (Å²) >= 11 is 0. The van der Waals surface area contributed by atoms with E-state index >= 15 is 0 Å². The fourth-order valence-corrected chi connectivity index (χ4v) is 4.02. The highest BCUT2D eigenvalue weighted by atomic mass is 19.4. The van der Waals surface area contributed by atoms with Crippen LogP contribution in [0.5, 0.6) is 0 Å². The molecule has 4 heterocycles. The number of nitrogens with zero attached hydrogens (tertiary/aromatic N) is 4. The first kappa shape index (κ1) is 24.5. The molecule has 184 valence electrons. The van der Waals surface area contributed by atoms with Crippen molar-refractivity contribution in [2.75, 3.05) is 30.8 Å². The van der Waals surface area contributed by atoms with E-state index in [4.69, 9.17) is 0 Å². The highest BCUT2D eigenvalue weighted by molar-refractivity contribution is 5.84. The van der Waals surface area contributed by atoms with Gasteiger partial charge in [0.25, 0.3) is 0 Å². The molecule has 4 rings (SSSR count). The molecule has 0 spiro atoms. The third-order valence-corrected chi connectivity index (χ3v) is 6.08. The number of aromatic amines is 1. The van der Waals surface area contributed by atoms with Crippen molar-refractivity contribution in [3.63, 3.8) is 0 Å². The van der Waals surface area contributed by atoms with E-state index in [1.54, 1.807) is 12.4 Å². The fraction of sp³-hybridized carbons (Fsp3) is 0.320. The van der Waals surface area contributed by atoms with Crippen LogP contribution in [-0.2, 0) is 12.6 Å². The number of anilines is 2. The normalized spacial score (nSPS) is 15.1. The second-order valence-electron chi connectivity index (χ2n) is 8.80. The number of hydrogen-bond acceptors (Lipinski definition) is 6. The van der Waals surface area contributed by atoms with Crippen LogP contribution in [0.2, 0.25) is 0 Å². The van der Waals surface area contributed by atoms with E-state index < -0.39 is 11.7 Å². The molecule has 1 aliphatic heterocycles. The third kappa shape index (κ3) is 6.27. The van der Waals surface area contributed by atoms with Crippen molar-refractivity contribution in [1.82, 2.24) is 25.1 Å². The number of hydrogen-bond donors (Lipinski definition) is 3. The minimum Gasteiger partial charge on any atom is -0.353 e. The lowest BCUT2D eigenvalue weighted by molar-refractivity contribution is -0.137. The SMILES string of the molecule is C=C(Nc1c[nH]nc1C(=C)Nc1ccc(CC2CCN(C)CC2)nc1)c1cncc(C(F)(F)F)c1. The highest BCUT2D eigenvalue weighted by Crippen LogP contribution is 2.31. The van der Waals surface area contributed by atoms with E-state index in [2.05, 4.69) is 55.9 Å². The van der Waals surface area contributed by atoms with E-state index in [9.17, 15) is 13.2 Å². The summed E-state index contributed by atoms with van der Waals surface area (Å²) in [5, 5.41) is 13.1. The van der Waals surface area contributed by atoms with Gasteiger partial charge in [0.15, 0.2) is 0 Å². The summed E-state index contributed by atoms with van der Waals surface area (Å²) in [5.74, 6) is 0.658. The van der Waals surface area contributed by atoms with E-state index in [1.165, 1.54) is 19.0 Å². The first-order valence-electron chi connectivity index (χ1n) is 11.3. The Labute approximate surface area is 202 Å². The van der Waals surface area contributed by atoms with Crippen molar-refractivity contribution in [2.45, 2.75) is 25.4 Å². The Bertz CT molecular complexity index is 1180. The van der Waals surface area contributed by atoms with Crippen molar-refractivity contribution in [3.05, 3.63) is 78.7 Å². The van der Waals surface area contributed by atoms with Gasteiger partial charge in [-0.05, 0) is 63.5 Å². The maximum atomic E-state index is 13.0. The molecule has 0 aromatic carbocycles. The van der Waals surface area contributed by atoms with Crippen LogP contribution >= 0.6 is 0 Å². The van der Waals surface area contributed by atoms with Crippen molar-refractivity contribution in [1.29, 1.82) is 0 Å². The number of aromatic nitrogens is 4. The average Bonchev–Trinajstić information content (AvgIpc) is 3.29. The Morgan fingerprint density at radius 1 is 1.11 bits per heavy atom. The Kier molecular flexibility index (Phi) is 7.20. The number of H-pyrrole nitrogens is 1. The molecule has 0 bridgehead atoms. The number of rotatable bonds is 8. The Morgan fingerprint density at radius 2 is 1.89 bits per heavy atom. The van der Waals surface area contributed by atoms with Gasteiger partial charge in [-0.25, -0.2) is 0 Å². The van der Waals surface area contributed by atoms with Gasteiger partial charge < -0.3 is 15.5 Å². The van der Waals surface area contributed by atoms with Crippen LogP contribution in [0.3, 0.4) is 0 Å². The van der Waals surface area contributed by atoms with Gasteiger partial charge in [0.1, 0.15) is 5.69 Å². The Morgan fingerprint density at radius 3 is 2.57 bits per heavy atom. The summed E-state index contributed by atoms with van der Waals surface area (Å²) in [4.78, 5) is 10.6. The molecule has 0 unspecified atom stereocenters. The second-order valence-corrected chi connectivity index (χ2v) is 8.80. The van der Waals surface area contributed by atoms with Gasteiger partial charge in [-0.3, -0.25) is 15.1 Å². The third-order valence-electron chi connectivity index (χ3n) is 6.08. The topological polar surface area (TPSA) is 81.8 Å². The van der Waals surface area contributed by atoms with Crippen LogP contribution in [0.1, 0.15) is 35.4 Å². The van der Waals surface area contributed by atoms with Gasteiger partial charge in [-0.2, -0.15) is 18.3 Å². The van der Waals surface area contributed by atoms with Crippen molar-refractivity contribution < 1.29 is 13.2 Å². The summed E-state index contributed by atoms with van der Waals surface area (Å²) in [6.45, 7) is 10.1. The monoisotopic (exact) mass is 483 g/mol. The van der Waals surface area contributed by atoms with Crippen LogP contribution in [0, 0.1) is 5.92 Å². The molecule has 1 fully saturated rings.